The van der Waals surface area contributed by atoms with Crippen LogP contribution < -0.4 is 10.1 Å². The van der Waals surface area contributed by atoms with Crippen molar-refractivity contribution in [1.82, 2.24) is 25.2 Å². The van der Waals surface area contributed by atoms with E-state index in [1.165, 1.54) is 11.3 Å². The minimum Gasteiger partial charge on any atom is -0.496 e. The van der Waals surface area contributed by atoms with Gasteiger partial charge in [0.25, 0.3) is 5.91 Å². The van der Waals surface area contributed by atoms with Crippen molar-refractivity contribution in [3.8, 4) is 16.6 Å². The van der Waals surface area contributed by atoms with Crippen molar-refractivity contribution in [3.05, 3.63) is 59.4 Å². The number of carbonyl (C=O) groups is 1. The van der Waals surface area contributed by atoms with Crippen LogP contribution in [0.3, 0.4) is 0 Å². The standard InChI is InChI=1S/C19H19N5O2S.2ClH/c1-26-15-6-3-2-5-13(15)14-11-20-9-10-24(14)19(25)16-12-23-18(27-16)17-21-7-4-8-22-17;;/h2-8,12,14,20H,9-11H2,1H3;2*1H. The lowest BCUT2D eigenvalue weighted by Gasteiger charge is -2.36. The first kappa shape index (κ1) is 23.0. The summed E-state index contributed by atoms with van der Waals surface area (Å²) < 4.78 is 5.50. The van der Waals surface area contributed by atoms with Crippen LogP contribution in [-0.2, 0) is 0 Å². The molecule has 0 bridgehead atoms. The van der Waals surface area contributed by atoms with E-state index in [0.29, 0.717) is 28.8 Å². The van der Waals surface area contributed by atoms with E-state index in [9.17, 15) is 4.79 Å². The van der Waals surface area contributed by atoms with Crippen molar-refractivity contribution >= 4 is 42.1 Å². The number of methoxy groups -OCH3 is 1. The highest BCUT2D eigenvalue weighted by Crippen LogP contribution is 2.32. The fourth-order valence-electron chi connectivity index (χ4n) is 3.19. The molecule has 1 fully saturated rings. The highest BCUT2D eigenvalue weighted by atomic mass is 35.5. The Kier molecular flexibility index (Phi) is 8.33. The summed E-state index contributed by atoms with van der Waals surface area (Å²) in [6.45, 7) is 2.06. The van der Waals surface area contributed by atoms with Crippen molar-refractivity contribution in [3.63, 3.8) is 0 Å². The van der Waals surface area contributed by atoms with E-state index in [2.05, 4.69) is 20.3 Å². The number of halogens is 2. The van der Waals surface area contributed by atoms with Gasteiger partial charge < -0.3 is 15.0 Å². The van der Waals surface area contributed by atoms with Gasteiger partial charge in [0.1, 0.15) is 10.6 Å². The maximum Gasteiger partial charge on any atom is 0.266 e. The summed E-state index contributed by atoms with van der Waals surface area (Å²) in [6.07, 6.45) is 4.94. The molecule has 1 amide bonds. The molecule has 0 aliphatic carbocycles. The van der Waals surface area contributed by atoms with Gasteiger partial charge in [0.2, 0.25) is 0 Å². The topological polar surface area (TPSA) is 80.2 Å². The second kappa shape index (κ2) is 10.5. The van der Waals surface area contributed by atoms with E-state index in [1.807, 2.05) is 29.2 Å². The first-order chi connectivity index (χ1) is 13.3. The lowest BCUT2D eigenvalue weighted by molar-refractivity contribution is 0.0636. The third-order valence-corrected chi connectivity index (χ3v) is 5.46. The summed E-state index contributed by atoms with van der Waals surface area (Å²) in [5.74, 6) is 1.28. The summed E-state index contributed by atoms with van der Waals surface area (Å²) in [7, 11) is 1.65. The van der Waals surface area contributed by atoms with E-state index in [4.69, 9.17) is 4.74 Å². The Morgan fingerprint density at radius 1 is 1.17 bits per heavy atom. The predicted octanol–water partition coefficient (Wildman–Crippen LogP) is 3.24. The molecule has 1 aromatic carbocycles. The molecule has 1 unspecified atom stereocenters. The maximum absolute atomic E-state index is 13.2. The van der Waals surface area contributed by atoms with Gasteiger partial charge in [0.05, 0.1) is 19.3 Å². The van der Waals surface area contributed by atoms with Gasteiger partial charge in [0, 0.05) is 37.6 Å². The molecule has 0 spiro atoms. The Balaban J connectivity index is 0.00000150. The maximum atomic E-state index is 13.2. The molecule has 1 aliphatic rings. The molecule has 7 nitrogen and oxygen atoms in total. The van der Waals surface area contributed by atoms with Crippen molar-refractivity contribution in [2.75, 3.05) is 26.7 Å². The van der Waals surface area contributed by atoms with Crippen LogP contribution in [-0.4, -0.2) is 52.5 Å². The number of hydrogen-bond acceptors (Lipinski definition) is 7. The number of benzene rings is 1. The average Bonchev–Trinajstić information content (AvgIpc) is 3.24. The van der Waals surface area contributed by atoms with Crippen molar-refractivity contribution in [2.24, 2.45) is 0 Å². The molecule has 0 saturated carbocycles. The molecule has 4 rings (SSSR count). The minimum atomic E-state index is -0.0964. The third-order valence-electron chi connectivity index (χ3n) is 4.48. The van der Waals surface area contributed by atoms with E-state index >= 15 is 0 Å². The second-order valence-corrected chi connectivity index (χ2v) is 7.09. The van der Waals surface area contributed by atoms with E-state index < -0.39 is 0 Å². The Hall–Kier alpha value is -2.26. The Morgan fingerprint density at radius 3 is 2.69 bits per heavy atom. The third kappa shape index (κ3) is 4.84. The van der Waals surface area contributed by atoms with Crippen LogP contribution in [0.25, 0.3) is 10.8 Å². The number of ether oxygens (including phenoxy) is 1. The van der Waals surface area contributed by atoms with Gasteiger partial charge in [-0.25, -0.2) is 15.0 Å². The highest BCUT2D eigenvalue weighted by Gasteiger charge is 2.31. The van der Waals surface area contributed by atoms with Gasteiger partial charge in [-0.3, -0.25) is 4.79 Å². The number of nitrogens with one attached hydrogen (secondary N) is 1. The first-order valence-corrected chi connectivity index (χ1v) is 9.47. The zero-order valence-electron chi connectivity index (χ0n) is 15.6. The molecule has 3 heterocycles. The molecule has 154 valence electrons. The summed E-state index contributed by atoms with van der Waals surface area (Å²) in [6, 6.07) is 9.48. The molecule has 1 N–H and O–H groups in total. The fraction of sp³-hybridized carbons (Fsp3) is 0.263. The molecule has 29 heavy (non-hydrogen) atoms. The van der Waals surface area contributed by atoms with Crippen LogP contribution in [0.2, 0.25) is 0 Å². The molecule has 0 radical (unpaired) electrons. The number of amides is 1. The molecule has 10 heteroatoms. The van der Waals surface area contributed by atoms with Crippen LogP contribution >= 0.6 is 36.2 Å². The van der Waals surface area contributed by atoms with E-state index in [0.717, 1.165) is 17.9 Å². The van der Waals surface area contributed by atoms with Crippen molar-refractivity contribution in [2.45, 2.75) is 6.04 Å². The predicted molar refractivity (Wildman–Crippen MR) is 117 cm³/mol. The summed E-state index contributed by atoms with van der Waals surface area (Å²) in [5.41, 5.74) is 0.997. The summed E-state index contributed by atoms with van der Waals surface area (Å²) >= 11 is 1.32. The Morgan fingerprint density at radius 2 is 1.93 bits per heavy atom. The number of para-hydroxylation sites is 1. The summed E-state index contributed by atoms with van der Waals surface area (Å²) in [5, 5.41) is 4.01. The monoisotopic (exact) mass is 453 g/mol. The van der Waals surface area contributed by atoms with Crippen molar-refractivity contribution < 1.29 is 9.53 Å². The first-order valence-electron chi connectivity index (χ1n) is 8.65. The number of aromatic nitrogens is 3. The van der Waals surface area contributed by atoms with Gasteiger partial charge in [-0.2, -0.15) is 0 Å². The summed E-state index contributed by atoms with van der Waals surface area (Å²) in [4.78, 5) is 28.4. The average molecular weight is 454 g/mol. The number of thiazole rings is 1. The number of rotatable bonds is 4. The number of piperazine rings is 1. The number of carbonyl (C=O) groups excluding carboxylic acids is 1. The van der Waals surface area contributed by atoms with Crippen LogP contribution in [0.15, 0.2) is 48.9 Å². The van der Waals surface area contributed by atoms with Crippen LogP contribution in [0.5, 0.6) is 5.75 Å². The van der Waals surface area contributed by atoms with Gasteiger partial charge in [-0.15, -0.1) is 36.2 Å². The van der Waals surface area contributed by atoms with E-state index in [1.54, 1.807) is 31.8 Å². The molecule has 1 atom stereocenters. The Bertz CT molecular complexity index is 941. The fourth-order valence-corrected chi connectivity index (χ4v) is 4.01. The van der Waals surface area contributed by atoms with Crippen LogP contribution in [0, 0.1) is 0 Å². The van der Waals surface area contributed by atoms with E-state index in [-0.39, 0.29) is 36.8 Å². The second-order valence-electron chi connectivity index (χ2n) is 6.06. The van der Waals surface area contributed by atoms with Gasteiger partial charge in [0.15, 0.2) is 10.8 Å². The number of hydrogen-bond donors (Lipinski definition) is 1. The molecule has 3 aromatic rings. The normalized spacial score (nSPS) is 15.8. The quantitative estimate of drug-likeness (QED) is 0.652. The zero-order chi connectivity index (χ0) is 18.6. The van der Waals surface area contributed by atoms with Crippen LogP contribution in [0.1, 0.15) is 21.3 Å². The molecular formula is C19H21Cl2N5O2S. The van der Waals surface area contributed by atoms with Gasteiger partial charge in [-0.05, 0) is 12.1 Å². The number of nitrogens with zero attached hydrogens (tertiary/aromatic N) is 4. The lowest BCUT2D eigenvalue weighted by Crippen LogP contribution is -2.48. The molecule has 2 aromatic heterocycles. The smallest absolute Gasteiger partial charge is 0.266 e. The van der Waals surface area contributed by atoms with Crippen molar-refractivity contribution in [1.29, 1.82) is 0 Å². The largest absolute Gasteiger partial charge is 0.496 e. The van der Waals surface area contributed by atoms with Gasteiger partial charge in [-0.1, -0.05) is 18.2 Å². The minimum absolute atomic E-state index is 0. The Labute approximate surface area is 185 Å². The van der Waals surface area contributed by atoms with Gasteiger partial charge >= 0.3 is 0 Å². The SMILES string of the molecule is COc1ccccc1C1CNCCN1C(=O)c1cnc(-c2ncccn2)s1.Cl.Cl. The van der Waals surface area contributed by atoms with Crippen LogP contribution in [0.4, 0.5) is 0 Å². The highest BCUT2D eigenvalue weighted by molar-refractivity contribution is 7.16. The molecule has 1 saturated heterocycles. The molecular weight excluding hydrogens is 433 g/mol. The molecule has 1 aliphatic heterocycles. The lowest BCUT2D eigenvalue weighted by atomic mass is 10.0. The zero-order valence-corrected chi connectivity index (χ0v) is 18.1.